The van der Waals surface area contributed by atoms with Gasteiger partial charge in [0, 0.05) is 12.4 Å². The predicted octanol–water partition coefficient (Wildman–Crippen LogP) is 3.55. The van der Waals surface area contributed by atoms with Gasteiger partial charge in [-0.25, -0.2) is 5.10 Å². The van der Waals surface area contributed by atoms with Gasteiger partial charge in [0.25, 0.3) is 0 Å². The average Bonchev–Trinajstić information content (AvgIpc) is 2.94. The van der Waals surface area contributed by atoms with E-state index < -0.39 is 0 Å². The van der Waals surface area contributed by atoms with Crippen LogP contribution in [0.25, 0.3) is 17.6 Å². The first kappa shape index (κ1) is 14.1. The topological polar surface area (TPSA) is 58.9 Å². The van der Waals surface area contributed by atoms with Gasteiger partial charge >= 0.3 is 0 Å². The van der Waals surface area contributed by atoms with Crippen molar-refractivity contribution in [1.29, 1.82) is 0 Å². The minimum Gasteiger partial charge on any atom is -0.253 e. The van der Waals surface area contributed by atoms with E-state index in [2.05, 4.69) is 20.3 Å². The highest BCUT2D eigenvalue weighted by Crippen LogP contribution is 2.13. The highest BCUT2D eigenvalue weighted by atomic mass is 32.1. The average molecular weight is 307 g/mol. The van der Waals surface area contributed by atoms with Crippen molar-refractivity contribution in [3.8, 4) is 11.5 Å². The van der Waals surface area contributed by atoms with E-state index in [1.54, 1.807) is 17.1 Å². The van der Waals surface area contributed by atoms with E-state index in [4.69, 9.17) is 12.2 Å². The van der Waals surface area contributed by atoms with Crippen LogP contribution in [-0.4, -0.2) is 26.1 Å². The molecule has 0 bridgehead atoms. The Morgan fingerprint density at radius 1 is 1.09 bits per heavy atom. The van der Waals surface area contributed by atoms with Gasteiger partial charge in [0.15, 0.2) is 0 Å². The third kappa shape index (κ3) is 3.24. The number of nitrogens with zero attached hydrogens (tertiary/aromatic N) is 4. The van der Waals surface area contributed by atoms with E-state index >= 15 is 0 Å². The van der Waals surface area contributed by atoms with Gasteiger partial charge in [0.1, 0.15) is 5.69 Å². The van der Waals surface area contributed by atoms with Crippen LogP contribution in [0.15, 0.2) is 65.9 Å². The van der Waals surface area contributed by atoms with Gasteiger partial charge in [-0.2, -0.15) is 14.9 Å². The standard InChI is InChI=1S/C16H13N5S/c22-16-20-19-15(14-10-4-5-11-17-14)21(16)18-12-6-9-13-7-2-1-3-8-13/h1-12H,(H,20,22)/b9-6+,18-12-. The SMILES string of the molecule is S=c1[nH]nc(-c2ccccn2)n1/N=C\C=C\c1ccccc1. The van der Waals surface area contributed by atoms with Crippen molar-refractivity contribution in [2.45, 2.75) is 0 Å². The second-order valence-electron chi connectivity index (χ2n) is 4.41. The number of aromatic amines is 1. The maximum Gasteiger partial charge on any atom is 0.216 e. The first-order chi connectivity index (χ1) is 10.8. The Kier molecular flexibility index (Phi) is 4.31. The lowest BCUT2D eigenvalue weighted by molar-refractivity contribution is 0.868. The van der Waals surface area contributed by atoms with Crippen LogP contribution in [-0.2, 0) is 0 Å². The molecule has 0 saturated carbocycles. The molecular formula is C16H13N5S. The van der Waals surface area contributed by atoms with Crippen LogP contribution in [0, 0.1) is 4.77 Å². The first-order valence-electron chi connectivity index (χ1n) is 6.69. The molecule has 2 heterocycles. The molecule has 0 radical (unpaired) electrons. The zero-order valence-electron chi connectivity index (χ0n) is 11.6. The lowest BCUT2D eigenvalue weighted by Crippen LogP contribution is -1.95. The van der Waals surface area contributed by atoms with Crippen LogP contribution in [0.5, 0.6) is 0 Å². The van der Waals surface area contributed by atoms with Crippen LogP contribution < -0.4 is 0 Å². The molecule has 1 aromatic carbocycles. The van der Waals surface area contributed by atoms with Crippen molar-refractivity contribution in [3.05, 3.63) is 71.1 Å². The number of hydrogen-bond donors (Lipinski definition) is 1. The molecule has 0 spiro atoms. The highest BCUT2D eigenvalue weighted by Gasteiger charge is 2.07. The summed E-state index contributed by atoms with van der Waals surface area (Å²) >= 11 is 5.20. The molecule has 22 heavy (non-hydrogen) atoms. The molecule has 0 aliphatic heterocycles. The summed E-state index contributed by atoms with van der Waals surface area (Å²) in [6.45, 7) is 0. The van der Waals surface area contributed by atoms with E-state index in [0.717, 1.165) is 5.56 Å². The molecule has 0 saturated heterocycles. The molecule has 0 amide bonds. The number of benzene rings is 1. The molecule has 6 heteroatoms. The number of allylic oxidation sites excluding steroid dienone is 1. The molecule has 0 atom stereocenters. The molecule has 0 fully saturated rings. The quantitative estimate of drug-likeness (QED) is 0.592. The van der Waals surface area contributed by atoms with Gasteiger partial charge < -0.3 is 0 Å². The van der Waals surface area contributed by atoms with Crippen molar-refractivity contribution in [3.63, 3.8) is 0 Å². The summed E-state index contributed by atoms with van der Waals surface area (Å²) in [4.78, 5) is 4.26. The third-order valence-electron chi connectivity index (χ3n) is 2.90. The van der Waals surface area contributed by atoms with Gasteiger partial charge in [0.05, 0.1) is 0 Å². The Labute approximate surface area is 132 Å². The van der Waals surface area contributed by atoms with Crippen LogP contribution in [0.4, 0.5) is 0 Å². The number of nitrogens with one attached hydrogen (secondary N) is 1. The smallest absolute Gasteiger partial charge is 0.216 e. The Bertz CT molecular complexity index is 847. The molecule has 0 unspecified atom stereocenters. The lowest BCUT2D eigenvalue weighted by Gasteiger charge is -1.98. The molecule has 0 aliphatic carbocycles. The van der Waals surface area contributed by atoms with Crippen molar-refractivity contribution >= 4 is 24.5 Å². The third-order valence-corrected chi connectivity index (χ3v) is 3.17. The zero-order chi connectivity index (χ0) is 15.2. The van der Waals surface area contributed by atoms with Crippen molar-refractivity contribution < 1.29 is 0 Å². The number of H-pyrrole nitrogens is 1. The summed E-state index contributed by atoms with van der Waals surface area (Å²) in [6.07, 6.45) is 7.20. The molecule has 3 rings (SSSR count). The van der Waals surface area contributed by atoms with E-state index in [0.29, 0.717) is 16.3 Å². The first-order valence-corrected chi connectivity index (χ1v) is 7.10. The summed E-state index contributed by atoms with van der Waals surface area (Å²) in [5, 5.41) is 11.2. The minimum atomic E-state index is 0.421. The van der Waals surface area contributed by atoms with Crippen molar-refractivity contribution in [2.24, 2.45) is 5.10 Å². The molecule has 3 aromatic rings. The monoisotopic (exact) mass is 307 g/mol. The Balaban J connectivity index is 1.84. The Hall–Kier alpha value is -2.86. The summed E-state index contributed by atoms with van der Waals surface area (Å²) < 4.78 is 1.97. The fourth-order valence-corrected chi connectivity index (χ4v) is 2.06. The van der Waals surface area contributed by atoms with Gasteiger partial charge in [-0.1, -0.05) is 42.5 Å². The summed E-state index contributed by atoms with van der Waals surface area (Å²) in [6, 6.07) is 15.6. The Morgan fingerprint density at radius 3 is 2.68 bits per heavy atom. The maximum atomic E-state index is 5.20. The zero-order valence-corrected chi connectivity index (χ0v) is 12.4. The van der Waals surface area contributed by atoms with E-state index in [-0.39, 0.29) is 0 Å². The molecule has 108 valence electrons. The number of pyridine rings is 1. The summed E-state index contributed by atoms with van der Waals surface area (Å²) in [5.41, 5.74) is 1.81. The number of rotatable bonds is 4. The minimum absolute atomic E-state index is 0.421. The van der Waals surface area contributed by atoms with E-state index in [1.165, 1.54) is 0 Å². The normalized spacial score (nSPS) is 11.5. The van der Waals surface area contributed by atoms with Crippen molar-refractivity contribution in [1.82, 2.24) is 19.9 Å². The fraction of sp³-hybridized carbons (Fsp3) is 0. The van der Waals surface area contributed by atoms with Crippen LogP contribution >= 0.6 is 12.2 Å². The molecule has 2 aromatic heterocycles. The molecule has 5 nitrogen and oxygen atoms in total. The second-order valence-corrected chi connectivity index (χ2v) is 4.80. The summed E-state index contributed by atoms with van der Waals surface area (Å²) in [5.74, 6) is 0.579. The van der Waals surface area contributed by atoms with Crippen LogP contribution in [0.3, 0.4) is 0 Å². The summed E-state index contributed by atoms with van der Waals surface area (Å²) in [7, 11) is 0. The molecule has 0 aliphatic rings. The van der Waals surface area contributed by atoms with Gasteiger partial charge in [-0.05, 0) is 36.0 Å². The molecule has 1 N–H and O–H groups in total. The van der Waals surface area contributed by atoms with E-state index in [1.807, 2.05) is 60.7 Å². The number of hydrogen-bond acceptors (Lipinski definition) is 4. The fourth-order valence-electron chi connectivity index (χ4n) is 1.88. The van der Waals surface area contributed by atoms with Crippen LogP contribution in [0.2, 0.25) is 0 Å². The van der Waals surface area contributed by atoms with Gasteiger partial charge in [-0.3, -0.25) is 4.98 Å². The van der Waals surface area contributed by atoms with Crippen molar-refractivity contribution in [2.75, 3.05) is 0 Å². The lowest BCUT2D eigenvalue weighted by atomic mass is 10.2. The predicted molar refractivity (Wildman–Crippen MR) is 90.0 cm³/mol. The van der Waals surface area contributed by atoms with E-state index in [9.17, 15) is 0 Å². The van der Waals surface area contributed by atoms with Gasteiger partial charge in [0.2, 0.25) is 10.6 Å². The van der Waals surface area contributed by atoms with Gasteiger partial charge in [-0.15, -0.1) is 0 Å². The second kappa shape index (κ2) is 6.73. The maximum absolute atomic E-state index is 5.20. The Morgan fingerprint density at radius 2 is 1.91 bits per heavy atom. The van der Waals surface area contributed by atoms with Crippen LogP contribution in [0.1, 0.15) is 5.56 Å². The largest absolute Gasteiger partial charge is 0.253 e. The molecular weight excluding hydrogens is 294 g/mol. The number of aromatic nitrogens is 4. The highest BCUT2D eigenvalue weighted by molar-refractivity contribution is 7.71.